The van der Waals surface area contributed by atoms with Crippen LogP contribution in [0.5, 0.6) is 5.75 Å². The molecule has 0 bridgehead atoms. The number of fused-ring (bicyclic) bond motifs is 2. The number of nitrogens with one attached hydrogen (secondary N) is 1. The third kappa shape index (κ3) is 1.92. The molecule has 2 aliphatic heterocycles. The molecular formula is C18H21NO4. The molecule has 4 rings (SSSR count). The van der Waals surface area contributed by atoms with E-state index < -0.39 is 17.3 Å². The second-order valence-corrected chi connectivity index (χ2v) is 6.63. The van der Waals surface area contributed by atoms with E-state index in [0.717, 1.165) is 37.0 Å². The van der Waals surface area contributed by atoms with Crippen LogP contribution in [0.25, 0.3) is 0 Å². The van der Waals surface area contributed by atoms with Crippen LogP contribution in [0.15, 0.2) is 24.3 Å². The van der Waals surface area contributed by atoms with E-state index in [1.54, 1.807) is 6.92 Å². The minimum absolute atomic E-state index is 0.121. The van der Waals surface area contributed by atoms with Crippen molar-refractivity contribution in [2.45, 2.75) is 44.8 Å². The van der Waals surface area contributed by atoms with Gasteiger partial charge >= 0.3 is 5.97 Å². The fourth-order valence-corrected chi connectivity index (χ4v) is 4.69. The summed E-state index contributed by atoms with van der Waals surface area (Å²) in [5.41, 5.74) is 0.460. The maximum Gasteiger partial charge on any atom is 0.319 e. The van der Waals surface area contributed by atoms with E-state index in [2.05, 4.69) is 5.32 Å². The second-order valence-electron chi connectivity index (χ2n) is 6.63. The number of hydrogen-bond donors (Lipinski definition) is 1. The van der Waals surface area contributed by atoms with Gasteiger partial charge in [-0.1, -0.05) is 24.6 Å². The van der Waals surface area contributed by atoms with Crippen LogP contribution < -0.4 is 10.1 Å². The van der Waals surface area contributed by atoms with Crippen molar-refractivity contribution in [3.05, 3.63) is 29.8 Å². The second kappa shape index (κ2) is 5.25. The van der Waals surface area contributed by atoms with Gasteiger partial charge in [-0.25, -0.2) is 0 Å². The van der Waals surface area contributed by atoms with E-state index in [1.165, 1.54) is 0 Å². The van der Waals surface area contributed by atoms with E-state index in [9.17, 15) is 9.59 Å². The summed E-state index contributed by atoms with van der Waals surface area (Å²) in [6, 6.07) is 7.65. The van der Waals surface area contributed by atoms with E-state index in [0.29, 0.717) is 0 Å². The molecule has 0 unspecified atom stereocenters. The molecule has 3 aliphatic rings. The summed E-state index contributed by atoms with van der Waals surface area (Å²) in [6.07, 6.45) is 3.62. The predicted octanol–water partition coefficient (Wildman–Crippen LogP) is 2.36. The van der Waals surface area contributed by atoms with Gasteiger partial charge in [0.1, 0.15) is 17.8 Å². The number of rotatable bonds is 2. The number of amides is 1. The summed E-state index contributed by atoms with van der Waals surface area (Å²) in [4.78, 5) is 25.2. The van der Waals surface area contributed by atoms with Crippen LogP contribution in [0.2, 0.25) is 0 Å². The van der Waals surface area contributed by atoms with Gasteiger partial charge in [0, 0.05) is 5.56 Å². The molecule has 1 aromatic rings. The van der Waals surface area contributed by atoms with E-state index in [4.69, 9.17) is 9.47 Å². The number of hydrogen-bond acceptors (Lipinski definition) is 4. The molecule has 2 fully saturated rings. The van der Waals surface area contributed by atoms with Crippen LogP contribution in [0.1, 0.15) is 44.2 Å². The Kier molecular flexibility index (Phi) is 3.32. The van der Waals surface area contributed by atoms with Crippen molar-refractivity contribution in [2.24, 2.45) is 11.3 Å². The van der Waals surface area contributed by atoms with E-state index in [-0.39, 0.29) is 24.7 Å². The van der Waals surface area contributed by atoms with Crippen molar-refractivity contribution in [3.8, 4) is 5.75 Å². The number of benzene rings is 1. The number of carbonyl (C=O) groups excluding carboxylic acids is 2. The number of para-hydroxylation sites is 1. The molecule has 1 saturated heterocycles. The fraction of sp³-hybridized carbons (Fsp3) is 0.556. The van der Waals surface area contributed by atoms with Crippen LogP contribution >= 0.6 is 0 Å². The largest absolute Gasteiger partial charge is 0.489 e. The molecule has 1 aliphatic carbocycles. The molecule has 1 N–H and O–H groups in total. The lowest BCUT2D eigenvalue weighted by Crippen LogP contribution is -2.53. The molecule has 0 radical (unpaired) electrons. The molecule has 5 heteroatoms. The number of ether oxygens (including phenoxy) is 2. The lowest BCUT2D eigenvalue weighted by molar-refractivity contribution is -0.161. The molecule has 5 nitrogen and oxygen atoms in total. The third-order valence-corrected chi connectivity index (χ3v) is 5.57. The van der Waals surface area contributed by atoms with Gasteiger partial charge < -0.3 is 14.8 Å². The maximum absolute atomic E-state index is 12.6. The van der Waals surface area contributed by atoms with Gasteiger partial charge in [0.15, 0.2) is 0 Å². The molecule has 0 aromatic heterocycles. The van der Waals surface area contributed by atoms with Crippen molar-refractivity contribution in [2.75, 3.05) is 6.61 Å². The van der Waals surface area contributed by atoms with Crippen LogP contribution in [-0.2, 0) is 14.3 Å². The van der Waals surface area contributed by atoms with Gasteiger partial charge in [0.25, 0.3) is 0 Å². The molecule has 1 spiro atoms. The van der Waals surface area contributed by atoms with Gasteiger partial charge in [-0.15, -0.1) is 0 Å². The first kappa shape index (κ1) is 14.5. The zero-order valence-corrected chi connectivity index (χ0v) is 13.2. The number of esters is 1. The summed E-state index contributed by atoms with van der Waals surface area (Å²) >= 11 is 0. The molecule has 1 saturated carbocycles. The van der Waals surface area contributed by atoms with Crippen molar-refractivity contribution in [3.63, 3.8) is 0 Å². The average molecular weight is 315 g/mol. The fourth-order valence-electron chi connectivity index (χ4n) is 4.69. The highest BCUT2D eigenvalue weighted by atomic mass is 16.5. The highest BCUT2D eigenvalue weighted by Crippen LogP contribution is 2.60. The Balaban J connectivity index is 1.85. The Hall–Kier alpha value is -2.04. The minimum atomic E-state index is -0.772. The molecule has 1 aromatic carbocycles. The molecule has 4 atom stereocenters. The predicted molar refractivity (Wildman–Crippen MR) is 82.8 cm³/mol. The van der Waals surface area contributed by atoms with Gasteiger partial charge in [-0.05, 0) is 32.3 Å². The first-order chi connectivity index (χ1) is 11.2. The molecular weight excluding hydrogens is 294 g/mol. The van der Waals surface area contributed by atoms with Gasteiger partial charge in [0.2, 0.25) is 5.91 Å². The average Bonchev–Trinajstić information content (AvgIpc) is 2.85. The summed E-state index contributed by atoms with van der Waals surface area (Å²) in [5, 5.41) is 3.07. The summed E-state index contributed by atoms with van der Waals surface area (Å²) < 4.78 is 11.5. The van der Waals surface area contributed by atoms with Crippen molar-refractivity contribution in [1.82, 2.24) is 5.32 Å². The van der Waals surface area contributed by atoms with E-state index >= 15 is 0 Å². The topological polar surface area (TPSA) is 64.6 Å². The molecule has 2 heterocycles. The maximum atomic E-state index is 12.6. The minimum Gasteiger partial charge on any atom is -0.489 e. The first-order valence-electron chi connectivity index (χ1n) is 8.41. The van der Waals surface area contributed by atoms with Crippen LogP contribution in [0.3, 0.4) is 0 Å². The molecule has 1 amide bonds. The lowest BCUT2D eigenvalue weighted by atomic mass is 9.59. The first-order valence-corrected chi connectivity index (χ1v) is 8.41. The summed E-state index contributed by atoms with van der Waals surface area (Å²) in [6.45, 7) is 2.05. The highest BCUT2D eigenvalue weighted by Gasteiger charge is 2.66. The summed E-state index contributed by atoms with van der Waals surface area (Å²) in [5.74, 6) is -0.584. The zero-order valence-electron chi connectivity index (χ0n) is 13.2. The smallest absolute Gasteiger partial charge is 0.319 e. The van der Waals surface area contributed by atoms with Gasteiger partial charge in [0.05, 0.1) is 18.1 Å². The standard InChI is InChI=1S/C18H21NO4/c1-2-22-17(21)14-16(20)19-15-11-7-3-4-8-12(11)23-13-9-5-6-10-18(13,14)15/h3-4,7-8,13-15H,2,5-6,9-10H2,1H3,(H,19,20)/t13-,14-,15+,18-/m1/s1. The zero-order chi connectivity index (χ0) is 16.0. The van der Waals surface area contributed by atoms with Crippen molar-refractivity contribution in [1.29, 1.82) is 0 Å². The third-order valence-electron chi connectivity index (χ3n) is 5.57. The van der Waals surface area contributed by atoms with E-state index in [1.807, 2.05) is 24.3 Å². The Morgan fingerprint density at radius 1 is 1.39 bits per heavy atom. The van der Waals surface area contributed by atoms with Crippen LogP contribution in [0, 0.1) is 11.3 Å². The Morgan fingerprint density at radius 2 is 2.22 bits per heavy atom. The van der Waals surface area contributed by atoms with Crippen molar-refractivity contribution < 1.29 is 19.1 Å². The SMILES string of the molecule is CCOC(=O)[C@H]1C(=O)N[C@H]2c3ccccc3O[C@@H]3CCCC[C@]132. The Bertz CT molecular complexity index is 658. The number of carbonyl (C=O) groups is 2. The van der Waals surface area contributed by atoms with Gasteiger partial charge in [-0.2, -0.15) is 0 Å². The van der Waals surface area contributed by atoms with Gasteiger partial charge in [-0.3, -0.25) is 9.59 Å². The lowest BCUT2D eigenvalue weighted by Gasteiger charge is -2.49. The highest BCUT2D eigenvalue weighted by molar-refractivity contribution is 6.01. The van der Waals surface area contributed by atoms with Crippen LogP contribution in [-0.4, -0.2) is 24.6 Å². The van der Waals surface area contributed by atoms with Crippen LogP contribution in [0.4, 0.5) is 0 Å². The normalized spacial score (nSPS) is 34.5. The Morgan fingerprint density at radius 3 is 3.04 bits per heavy atom. The monoisotopic (exact) mass is 315 g/mol. The molecule has 23 heavy (non-hydrogen) atoms. The Labute approximate surface area is 135 Å². The quantitative estimate of drug-likeness (QED) is 0.672. The summed E-state index contributed by atoms with van der Waals surface area (Å²) in [7, 11) is 0. The molecule has 122 valence electrons. The van der Waals surface area contributed by atoms with Crippen molar-refractivity contribution >= 4 is 11.9 Å².